The zero-order chi connectivity index (χ0) is 26.8. The van der Waals surface area contributed by atoms with Crippen LogP contribution in [0.15, 0.2) is 74.2 Å². The summed E-state index contributed by atoms with van der Waals surface area (Å²) >= 11 is 0. The van der Waals surface area contributed by atoms with E-state index in [2.05, 4.69) is 0 Å². The van der Waals surface area contributed by atoms with Gasteiger partial charge in [-0.3, -0.25) is 9.59 Å². The molecule has 2 aromatic rings. The van der Waals surface area contributed by atoms with Crippen LogP contribution in [0.4, 0.5) is 0 Å². The topological polar surface area (TPSA) is 108 Å². The van der Waals surface area contributed by atoms with Crippen molar-refractivity contribution in [3.8, 4) is 22.6 Å². The number of hydrogen-bond acceptors (Lipinski definition) is 6. The number of benzene rings is 1. The minimum atomic E-state index is -1.21. The molecule has 3 N–H and O–H groups in total. The highest BCUT2D eigenvalue weighted by Crippen LogP contribution is 2.46. The highest BCUT2D eigenvalue weighted by Gasteiger charge is 2.49. The number of carbonyl (C=O) groups is 1. The third kappa shape index (κ3) is 5.08. The van der Waals surface area contributed by atoms with Crippen LogP contribution in [0.5, 0.6) is 11.5 Å². The van der Waals surface area contributed by atoms with Gasteiger partial charge in [-0.15, -0.1) is 0 Å². The normalized spacial score (nSPS) is 14.2. The van der Waals surface area contributed by atoms with E-state index in [9.17, 15) is 24.9 Å². The molecule has 190 valence electrons. The molecule has 36 heavy (non-hydrogen) atoms. The van der Waals surface area contributed by atoms with Crippen LogP contribution in [0.25, 0.3) is 16.9 Å². The number of aliphatic hydroxyl groups is 1. The maximum atomic E-state index is 14.1. The third-order valence-electron chi connectivity index (χ3n) is 6.36. The van der Waals surface area contributed by atoms with Crippen molar-refractivity contribution in [2.45, 2.75) is 66.2 Å². The largest absolute Gasteiger partial charge is 0.508 e. The molecule has 3 rings (SSSR count). The van der Waals surface area contributed by atoms with Crippen molar-refractivity contribution in [2.24, 2.45) is 0 Å². The van der Waals surface area contributed by atoms with Crippen molar-refractivity contribution >= 4 is 11.5 Å². The van der Waals surface area contributed by atoms with Gasteiger partial charge in [0, 0.05) is 17.2 Å². The lowest BCUT2D eigenvalue weighted by molar-refractivity contribution is -0.121. The van der Waals surface area contributed by atoms with E-state index in [4.69, 9.17) is 4.42 Å². The first-order valence-corrected chi connectivity index (χ1v) is 11.9. The van der Waals surface area contributed by atoms with Crippen molar-refractivity contribution in [1.29, 1.82) is 0 Å². The number of aromatic hydroxyl groups is 2. The monoisotopic (exact) mass is 490 g/mol. The molecule has 0 aliphatic heterocycles. The zero-order valence-electron chi connectivity index (χ0n) is 21.7. The minimum absolute atomic E-state index is 0.0204. The second kappa shape index (κ2) is 10.4. The smallest absolute Gasteiger partial charge is 0.204 e. The van der Waals surface area contributed by atoms with Gasteiger partial charge in [0.15, 0.2) is 5.78 Å². The molecular formula is C30H34O6. The van der Waals surface area contributed by atoms with Crippen LogP contribution in [0.2, 0.25) is 0 Å². The Balaban J connectivity index is 2.42. The van der Waals surface area contributed by atoms with Gasteiger partial charge in [-0.25, -0.2) is 0 Å². The summed E-state index contributed by atoms with van der Waals surface area (Å²) in [5, 5.41) is 31.3. The Morgan fingerprint density at radius 1 is 0.861 bits per heavy atom. The summed E-state index contributed by atoms with van der Waals surface area (Å²) in [5.74, 6) is -1.01. The molecule has 0 saturated carbocycles. The van der Waals surface area contributed by atoms with Gasteiger partial charge in [0.25, 0.3) is 0 Å². The van der Waals surface area contributed by atoms with Gasteiger partial charge in [-0.05, 0) is 72.9 Å². The first-order valence-electron chi connectivity index (χ1n) is 11.9. The second-order valence-corrected chi connectivity index (χ2v) is 10.1. The predicted molar refractivity (Wildman–Crippen MR) is 142 cm³/mol. The summed E-state index contributed by atoms with van der Waals surface area (Å²) in [6.07, 6.45) is 7.72. The summed E-state index contributed by atoms with van der Waals surface area (Å²) in [5.41, 5.74) is 1.49. The van der Waals surface area contributed by atoms with Crippen molar-refractivity contribution in [3.63, 3.8) is 0 Å². The van der Waals surface area contributed by atoms with E-state index in [0.29, 0.717) is 12.8 Å². The van der Waals surface area contributed by atoms with Crippen LogP contribution in [0.1, 0.15) is 72.1 Å². The molecule has 1 aliphatic rings. The lowest BCUT2D eigenvalue weighted by atomic mass is 9.66. The molecular weight excluding hydrogens is 456 g/mol. The first-order chi connectivity index (χ1) is 16.9. The molecule has 0 spiro atoms. The minimum Gasteiger partial charge on any atom is -0.508 e. The van der Waals surface area contributed by atoms with Crippen LogP contribution in [0, 0.1) is 0 Å². The molecule has 6 nitrogen and oxygen atoms in total. The van der Waals surface area contributed by atoms with Crippen LogP contribution in [-0.2, 0) is 10.2 Å². The zero-order valence-corrected chi connectivity index (χ0v) is 21.7. The number of phenols is 2. The summed E-state index contributed by atoms with van der Waals surface area (Å²) < 4.78 is 6.03. The Morgan fingerprint density at radius 2 is 1.44 bits per heavy atom. The van der Waals surface area contributed by atoms with E-state index in [1.165, 1.54) is 18.4 Å². The van der Waals surface area contributed by atoms with E-state index in [1.54, 1.807) is 0 Å². The standard InChI is InChI=1S/C30H34O6/c1-17(2)7-9-22-26(33)25-27(34)23(21-10-8-20(31)15-24(21)32)16-36-29(25)30(28(22)35,13-11-18(3)4)14-12-19(5)6/h7-8,10-12,15-16,31-33H,9,13-14H2,1-6H3. The molecule has 1 heterocycles. The van der Waals surface area contributed by atoms with Crippen LogP contribution in [0.3, 0.4) is 0 Å². The van der Waals surface area contributed by atoms with Gasteiger partial charge in [-0.1, -0.05) is 34.9 Å². The lowest BCUT2D eigenvalue weighted by Crippen LogP contribution is -2.42. The Kier molecular flexibility index (Phi) is 7.77. The fourth-order valence-corrected chi connectivity index (χ4v) is 4.33. The number of rotatable bonds is 7. The van der Waals surface area contributed by atoms with Gasteiger partial charge in [0.1, 0.15) is 34.8 Å². The van der Waals surface area contributed by atoms with Crippen LogP contribution < -0.4 is 5.43 Å². The van der Waals surface area contributed by atoms with Crippen molar-refractivity contribution in [1.82, 2.24) is 0 Å². The number of phenolic OH excluding ortho intramolecular Hbond substituents is 2. The van der Waals surface area contributed by atoms with E-state index >= 15 is 0 Å². The first kappa shape index (κ1) is 26.8. The number of aliphatic hydroxyl groups excluding tert-OH is 1. The Hall–Kier alpha value is -3.80. The maximum Gasteiger partial charge on any atom is 0.204 e. The molecule has 1 aromatic carbocycles. The van der Waals surface area contributed by atoms with Crippen molar-refractivity contribution in [3.05, 3.63) is 86.5 Å². The van der Waals surface area contributed by atoms with Gasteiger partial charge < -0.3 is 19.7 Å². The van der Waals surface area contributed by atoms with E-state index in [0.717, 1.165) is 22.8 Å². The summed E-state index contributed by atoms with van der Waals surface area (Å²) in [7, 11) is 0. The number of allylic oxidation sites excluding steroid dienone is 7. The molecule has 1 aromatic heterocycles. The quantitative estimate of drug-likeness (QED) is 0.365. The Labute approximate surface area is 211 Å². The SMILES string of the molecule is CC(C)=CCC1=C(O)c2c(occ(-c3ccc(O)cc3O)c2=O)C(CC=C(C)C)(CC=C(C)C)C1=O. The van der Waals surface area contributed by atoms with E-state index in [-0.39, 0.29) is 51.7 Å². The summed E-state index contributed by atoms with van der Waals surface area (Å²) in [4.78, 5) is 27.9. The van der Waals surface area contributed by atoms with Gasteiger partial charge in [-0.2, -0.15) is 0 Å². The number of Topliss-reactive ketones (excluding diaryl/α,β-unsaturated/α-hetero) is 1. The highest BCUT2D eigenvalue weighted by atomic mass is 16.3. The van der Waals surface area contributed by atoms with E-state index in [1.807, 2.05) is 59.8 Å². The van der Waals surface area contributed by atoms with E-state index < -0.39 is 16.6 Å². The lowest BCUT2D eigenvalue weighted by Gasteiger charge is -2.35. The van der Waals surface area contributed by atoms with Gasteiger partial charge in [0.05, 0.1) is 11.0 Å². The number of carbonyl (C=O) groups excluding carboxylic acids is 1. The summed E-state index contributed by atoms with van der Waals surface area (Å²) in [6, 6.07) is 3.88. The van der Waals surface area contributed by atoms with Gasteiger partial charge >= 0.3 is 0 Å². The molecule has 0 radical (unpaired) electrons. The molecule has 6 heteroatoms. The fourth-order valence-electron chi connectivity index (χ4n) is 4.33. The highest BCUT2D eigenvalue weighted by molar-refractivity contribution is 6.11. The average molecular weight is 491 g/mol. The number of hydrogen-bond donors (Lipinski definition) is 3. The molecule has 0 bridgehead atoms. The van der Waals surface area contributed by atoms with Crippen LogP contribution in [-0.4, -0.2) is 21.1 Å². The molecule has 0 unspecified atom stereocenters. The molecule has 0 saturated heterocycles. The number of ketones is 1. The summed E-state index contributed by atoms with van der Waals surface area (Å²) in [6.45, 7) is 11.6. The Morgan fingerprint density at radius 3 is 1.97 bits per heavy atom. The third-order valence-corrected chi connectivity index (χ3v) is 6.36. The van der Waals surface area contributed by atoms with Crippen LogP contribution >= 0.6 is 0 Å². The molecule has 0 atom stereocenters. The van der Waals surface area contributed by atoms with Gasteiger partial charge in [0.2, 0.25) is 5.43 Å². The van der Waals surface area contributed by atoms with Crippen molar-refractivity contribution < 1.29 is 24.5 Å². The average Bonchev–Trinajstić information content (AvgIpc) is 2.78. The molecule has 0 fully saturated rings. The maximum absolute atomic E-state index is 14.1. The molecule has 0 amide bonds. The predicted octanol–water partition coefficient (Wildman–Crippen LogP) is 6.88. The number of fused-ring (bicyclic) bond motifs is 1. The Bertz CT molecular complexity index is 1350. The fraction of sp³-hybridized carbons (Fsp3) is 0.333. The van der Waals surface area contributed by atoms with Crippen molar-refractivity contribution in [2.75, 3.05) is 0 Å². The second-order valence-electron chi connectivity index (χ2n) is 10.1. The molecule has 1 aliphatic carbocycles.